The fraction of sp³-hybridized carbons (Fsp3) is 0.0870. The number of aromatic amines is 1. The van der Waals surface area contributed by atoms with E-state index in [1.54, 1.807) is 4.90 Å². The largest absolute Gasteiger partial charge is 0.465 e. The number of carboxylic acid groups (broad SMARTS) is 1. The van der Waals surface area contributed by atoms with Crippen molar-refractivity contribution in [1.29, 1.82) is 0 Å². The number of nitrogens with zero attached hydrogens (tertiary/aromatic N) is 3. The Morgan fingerprint density at radius 2 is 1.94 bits per heavy atom. The molecular weight excluding hydrogens is 460 g/mol. The second-order valence-corrected chi connectivity index (χ2v) is 8.24. The highest BCUT2D eigenvalue weighted by atomic mass is 79.9. The Hall–Kier alpha value is -3.65. The van der Waals surface area contributed by atoms with Gasteiger partial charge in [0.15, 0.2) is 0 Å². The molecule has 154 valence electrons. The van der Waals surface area contributed by atoms with E-state index >= 15 is 0 Å². The lowest BCUT2D eigenvalue weighted by atomic mass is 9.97. The number of hydrogen-bond donors (Lipinski definition) is 2. The molecule has 1 unspecified atom stereocenters. The molecule has 1 aromatic heterocycles. The molecule has 0 fully saturated rings. The molecule has 4 aromatic rings. The molecular formula is C23H17BrN4O3. The van der Waals surface area contributed by atoms with Crippen molar-refractivity contribution in [2.45, 2.75) is 6.04 Å². The van der Waals surface area contributed by atoms with Crippen LogP contribution in [0.1, 0.15) is 27.5 Å². The average Bonchev–Trinajstić information content (AvgIpc) is 3.31. The third kappa shape index (κ3) is 3.16. The van der Waals surface area contributed by atoms with Crippen LogP contribution >= 0.6 is 15.9 Å². The molecule has 0 saturated carbocycles. The summed E-state index contributed by atoms with van der Waals surface area (Å²) in [6.45, 7) is 0. The van der Waals surface area contributed by atoms with Crippen LogP contribution in [0.2, 0.25) is 0 Å². The zero-order chi connectivity index (χ0) is 21.7. The van der Waals surface area contributed by atoms with Gasteiger partial charge in [-0.15, -0.1) is 0 Å². The number of H-pyrrole nitrogens is 1. The lowest BCUT2D eigenvalue weighted by Gasteiger charge is -2.26. The smallest absolute Gasteiger partial charge is 0.413 e. The van der Waals surface area contributed by atoms with Crippen molar-refractivity contribution in [2.75, 3.05) is 16.8 Å². The molecule has 1 aliphatic rings. The second kappa shape index (κ2) is 7.24. The van der Waals surface area contributed by atoms with E-state index in [4.69, 9.17) is 0 Å². The van der Waals surface area contributed by atoms with Crippen molar-refractivity contribution in [3.05, 3.63) is 87.9 Å². The third-order valence-corrected chi connectivity index (χ3v) is 5.96. The van der Waals surface area contributed by atoms with Gasteiger partial charge in [0.2, 0.25) is 5.95 Å². The molecule has 8 heteroatoms. The van der Waals surface area contributed by atoms with Crippen molar-refractivity contribution >= 4 is 50.6 Å². The number of carbonyl (C=O) groups is 2. The fourth-order valence-corrected chi connectivity index (χ4v) is 4.36. The van der Waals surface area contributed by atoms with Gasteiger partial charge in [0, 0.05) is 22.8 Å². The first-order valence-corrected chi connectivity index (χ1v) is 10.4. The van der Waals surface area contributed by atoms with Crippen LogP contribution in [0.4, 0.5) is 16.4 Å². The summed E-state index contributed by atoms with van der Waals surface area (Å²) < 4.78 is 0.887. The Balaban J connectivity index is 1.66. The zero-order valence-corrected chi connectivity index (χ0v) is 18.0. The predicted octanol–water partition coefficient (Wildman–Crippen LogP) is 5.19. The highest BCUT2D eigenvalue weighted by Crippen LogP contribution is 2.42. The molecule has 2 N–H and O–H groups in total. The second-order valence-electron chi connectivity index (χ2n) is 7.32. The number of hydrogen-bond acceptors (Lipinski definition) is 3. The highest BCUT2D eigenvalue weighted by Gasteiger charge is 2.38. The number of anilines is 2. The van der Waals surface area contributed by atoms with Crippen LogP contribution in [-0.4, -0.2) is 34.1 Å². The minimum atomic E-state index is -1.10. The summed E-state index contributed by atoms with van der Waals surface area (Å²) >= 11 is 3.50. The van der Waals surface area contributed by atoms with Gasteiger partial charge in [-0.2, -0.15) is 0 Å². The molecule has 1 atom stereocenters. The van der Waals surface area contributed by atoms with Gasteiger partial charge in [-0.05, 0) is 47.5 Å². The minimum Gasteiger partial charge on any atom is -0.465 e. The number of nitrogens with one attached hydrogen (secondary N) is 1. The average molecular weight is 477 g/mol. The van der Waals surface area contributed by atoms with Crippen molar-refractivity contribution in [3.8, 4) is 0 Å². The van der Waals surface area contributed by atoms with E-state index in [9.17, 15) is 14.7 Å². The quantitative estimate of drug-likeness (QED) is 0.425. The van der Waals surface area contributed by atoms with E-state index in [-0.39, 0.29) is 17.9 Å². The normalized spacial score (nSPS) is 15.4. The molecule has 2 amide bonds. The summed E-state index contributed by atoms with van der Waals surface area (Å²) in [5, 5.41) is 9.23. The van der Waals surface area contributed by atoms with Gasteiger partial charge in [-0.25, -0.2) is 9.78 Å². The predicted molar refractivity (Wildman–Crippen MR) is 122 cm³/mol. The molecule has 5 rings (SSSR count). The van der Waals surface area contributed by atoms with Gasteiger partial charge >= 0.3 is 6.09 Å². The number of halogens is 1. The first-order chi connectivity index (χ1) is 14.9. The van der Waals surface area contributed by atoms with Gasteiger partial charge in [0.25, 0.3) is 5.91 Å². The minimum absolute atomic E-state index is 0.0605. The molecule has 0 bridgehead atoms. The summed E-state index contributed by atoms with van der Waals surface area (Å²) in [6.07, 6.45) is -1.10. The number of rotatable bonds is 3. The number of fused-ring (bicyclic) bond motifs is 2. The Bertz CT molecular complexity index is 1350. The van der Waals surface area contributed by atoms with Gasteiger partial charge in [0.1, 0.15) is 0 Å². The Morgan fingerprint density at radius 3 is 2.71 bits per heavy atom. The third-order valence-electron chi connectivity index (χ3n) is 5.46. The van der Waals surface area contributed by atoms with Crippen LogP contribution < -0.4 is 9.80 Å². The molecule has 0 aliphatic carbocycles. The van der Waals surface area contributed by atoms with Gasteiger partial charge in [-0.1, -0.05) is 46.3 Å². The van der Waals surface area contributed by atoms with Crippen LogP contribution in [-0.2, 0) is 0 Å². The summed E-state index contributed by atoms with van der Waals surface area (Å²) in [7, 11) is 1.43. The molecule has 0 radical (unpaired) electrons. The number of amides is 2. The molecule has 31 heavy (non-hydrogen) atoms. The number of aromatic nitrogens is 2. The molecule has 7 nitrogen and oxygen atoms in total. The standard InChI is InChI=1S/C23H17BrN4O3/c1-27(23(30)31)22-25-18-10-9-13(11-19(18)26-22)20-16-7-2-3-8-17(16)21(29)28(20)15-6-4-5-14(24)12-15/h2-12,20H,1H3,(H,25,26)(H,30,31). The SMILES string of the molecule is CN(C(=O)O)c1nc2ccc(C3c4ccccc4C(=O)N3c3cccc(Br)c3)cc2[nH]1. The van der Waals surface area contributed by atoms with Crippen molar-refractivity contribution in [1.82, 2.24) is 9.97 Å². The van der Waals surface area contributed by atoms with Crippen molar-refractivity contribution in [3.63, 3.8) is 0 Å². The van der Waals surface area contributed by atoms with Gasteiger partial charge < -0.3 is 10.1 Å². The van der Waals surface area contributed by atoms with Crippen molar-refractivity contribution < 1.29 is 14.7 Å². The van der Waals surface area contributed by atoms with E-state index in [1.807, 2.05) is 66.7 Å². The van der Waals surface area contributed by atoms with E-state index < -0.39 is 6.09 Å². The maximum Gasteiger partial charge on any atom is 0.413 e. The fourth-order valence-electron chi connectivity index (χ4n) is 3.97. The summed E-state index contributed by atoms with van der Waals surface area (Å²) in [5.74, 6) is 0.182. The zero-order valence-electron chi connectivity index (χ0n) is 16.4. The molecule has 2 heterocycles. The maximum absolute atomic E-state index is 13.3. The van der Waals surface area contributed by atoms with Crippen LogP contribution in [0.25, 0.3) is 11.0 Å². The Kier molecular flexibility index (Phi) is 4.51. The van der Waals surface area contributed by atoms with Crippen LogP contribution in [0, 0.1) is 0 Å². The molecule has 1 aliphatic heterocycles. The topological polar surface area (TPSA) is 89.5 Å². The first-order valence-electron chi connectivity index (χ1n) is 9.58. The maximum atomic E-state index is 13.3. The van der Waals surface area contributed by atoms with Crippen LogP contribution in [0.3, 0.4) is 0 Å². The van der Waals surface area contributed by atoms with E-state index in [1.165, 1.54) is 7.05 Å². The van der Waals surface area contributed by atoms with E-state index in [0.717, 1.165) is 26.2 Å². The lowest BCUT2D eigenvalue weighted by molar-refractivity contribution is 0.0993. The molecule has 3 aromatic carbocycles. The number of carbonyl (C=O) groups excluding carboxylic acids is 1. The first kappa shape index (κ1) is 19.3. The van der Waals surface area contributed by atoms with Crippen molar-refractivity contribution in [2.24, 2.45) is 0 Å². The summed E-state index contributed by atoms with van der Waals surface area (Å²) in [4.78, 5) is 34.8. The molecule has 0 saturated heterocycles. The number of imidazole rings is 1. The van der Waals surface area contributed by atoms with Crippen LogP contribution in [0.5, 0.6) is 0 Å². The lowest BCUT2D eigenvalue weighted by Crippen LogP contribution is -2.28. The van der Waals surface area contributed by atoms with Gasteiger partial charge in [0.05, 0.1) is 17.1 Å². The Morgan fingerprint density at radius 1 is 1.13 bits per heavy atom. The highest BCUT2D eigenvalue weighted by molar-refractivity contribution is 9.10. The summed E-state index contributed by atoms with van der Waals surface area (Å²) in [6, 6.07) is 20.6. The van der Waals surface area contributed by atoms with E-state index in [2.05, 4.69) is 25.9 Å². The van der Waals surface area contributed by atoms with Crippen LogP contribution in [0.15, 0.2) is 71.2 Å². The Labute approximate surface area is 186 Å². The summed E-state index contributed by atoms with van der Waals surface area (Å²) in [5.41, 5.74) is 4.64. The monoisotopic (exact) mass is 476 g/mol. The van der Waals surface area contributed by atoms with E-state index in [0.29, 0.717) is 16.6 Å². The number of benzene rings is 3. The molecule has 0 spiro atoms. The van der Waals surface area contributed by atoms with Gasteiger partial charge in [-0.3, -0.25) is 14.6 Å².